The highest BCUT2D eigenvalue weighted by Crippen LogP contribution is 2.32. The van der Waals surface area contributed by atoms with E-state index in [2.05, 4.69) is 26.1 Å². The first-order valence-electron chi connectivity index (χ1n) is 7.54. The average molecular weight is 292 g/mol. The van der Waals surface area contributed by atoms with Gasteiger partial charge >= 0.3 is 5.69 Å². The monoisotopic (exact) mass is 292 g/mol. The zero-order chi connectivity index (χ0) is 15.5. The van der Waals surface area contributed by atoms with Gasteiger partial charge in [0, 0.05) is 18.2 Å². The standard InChI is InChI=1S/C16H24N2O3/c1-16(2,3)17-11-12-8-9-15(14(10-12)18(19)20)21-13-6-4-5-7-13/h8-10,13,17H,4-7,11H2,1-3H3. The molecule has 0 saturated heterocycles. The van der Waals surface area contributed by atoms with Gasteiger partial charge in [-0.15, -0.1) is 0 Å². The van der Waals surface area contributed by atoms with Crippen molar-refractivity contribution >= 4 is 5.69 Å². The van der Waals surface area contributed by atoms with E-state index in [4.69, 9.17) is 4.74 Å². The Bertz CT molecular complexity index is 503. The highest BCUT2D eigenvalue weighted by molar-refractivity contribution is 5.48. The summed E-state index contributed by atoms with van der Waals surface area (Å²) in [7, 11) is 0. The molecule has 1 aromatic carbocycles. The number of hydrogen-bond acceptors (Lipinski definition) is 4. The predicted molar refractivity (Wildman–Crippen MR) is 82.6 cm³/mol. The lowest BCUT2D eigenvalue weighted by atomic mass is 10.1. The van der Waals surface area contributed by atoms with Gasteiger partial charge in [0.15, 0.2) is 5.75 Å². The fourth-order valence-electron chi connectivity index (χ4n) is 2.47. The Morgan fingerprint density at radius 2 is 2.00 bits per heavy atom. The Kier molecular flexibility index (Phi) is 4.83. The van der Waals surface area contributed by atoms with Crippen molar-refractivity contribution in [3.05, 3.63) is 33.9 Å². The van der Waals surface area contributed by atoms with Crippen molar-refractivity contribution < 1.29 is 9.66 Å². The Labute approximate surface area is 125 Å². The number of nitro benzene ring substituents is 1. The molecule has 0 bridgehead atoms. The largest absolute Gasteiger partial charge is 0.484 e. The summed E-state index contributed by atoms with van der Waals surface area (Å²) in [5.41, 5.74) is 0.943. The van der Waals surface area contributed by atoms with Crippen molar-refractivity contribution in [3.8, 4) is 5.75 Å². The molecule has 1 fully saturated rings. The lowest BCUT2D eigenvalue weighted by Crippen LogP contribution is -2.35. The highest BCUT2D eigenvalue weighted by Gasteiger charge is 2.22. The van der Waals surface area contributed by atoms with E-state index >= 15 is 0 Å². The summed E-state index contributed by atoms with van der Waals surface area (Å²) >= 11 is 0. The third-order valence-electron chi connectivity index (χ3n) is 3.64. The normalized spacial score (nSPS) is 16.1. The molecule has 116 valence electrons. The number of rotatable bonds is 5. The van der Waals surface area contributed by atoms with Crippen LogP contribution in [0.25, 0.3) is 0 Å². The Balaban J connectivity index is 2.12. The maximum absolute atomic E-state index is 11.3. The van der Waals surface area contributed by atoms with Gasteiger partial charge in [0.25, 0.3) is 0 Å². The zero-order valence-electron chi connectivity index (χ0n) is 13.0. The van der Waals surface area contributed by atoms with Gasteiger partial charge < -0.3 is 10.1 Å². The Morgan fingerprint density at radius 1 is 1.33 bits per heavy atom. The molecule has 1 N–H and O–H groups in total. The summed E-state index contributed by atoms with van der Waals surface area (Å²) in [4.78, 5) is 10.9. The van der Waals surface area contributed by atoms with Gasteiger partial charge in [0.1, 0.15) is 0 Å². The fraction of sp³-hybridized carbons (Fsp3) is 0.625. The summed E-state index contributed by atoms with van der Waals surface area (Å²) in [5, 5.41) is 14.6. The van der Waals surface area contributed by atoms with E-state index in [0.29, 0.717) is 12.3 Å². The number of hydrogen-bond donors (Lipinski definition) is 1. The minimum absolute atomic E-state index is 0.0200. The SMILES string of the molecule is CC(C)(C)NCc1ccc(OC2CCCC2)c([N+](=O)[O-])c1. The molecule has 1 aliphatic carbocycles. The zero-order valence-corrected chi connectivity index (χ0v) is 13.0. The molecule has 5 nitrogen and oxygen atoms in total. The summed E-state index contributed by atoms with van der Waals surface area (Å²) in [6.07, 6.45) is 4.40. The van der Waals surface area contributed by atoms with E-state index in [1.54, 1.807) is 12.1 Å². The van der Waals surface area contributed by atoms with Crippen LogP contribution < -0.4 is 10.1 Å². The first kappa shape index (κ1) is 15.8. The molecule has 5 heteroatoms. The van der Waals surface area contributed by atoms with E-state index in [-0.39, 0.29) is 22.3 Å². The van der Waals surface area contributed by atoms with E-state index in [9.17, 15) is 10.1 Å². The molecule has 2 rings (SSSR count). The quantitative estimate of drug-likeness (QED) is 0.662. The first-order valence-corrected chi connectivity index (χ1v) is 7.54. The molecule has 1 aromatic rings. The minimum atomic E-state index is -0.356. The van der Waals surface area contributed by atoms with Crippen LogP contribution in [0.15, 0.2) is 18.2 Å². The van der Waals surface area contributed by atoms with Gasteiger partial charge in [0.2, 0.25) is 0 Å². The molecule has 21 heavy (non-hydrogen) atoms. The molecule has 0 atom stereocenters. The second-order valence-electron chi connectivity index (χ2n) is 6.69. The molecule has 1 aliphatic rings. The van der Waals surface area contributed by atoms with Crippen molar-refractivity contribution in [2.24, 2.45) is 0 Å². The van der Waals surface area contributed by atoms with E-state index < -0.39 is 0 Å². The molecular weight excluding hydrogens is 268 g/mol. The minimum Gasteiger partial charge on any atom is -0.484 e. The van der Waals surface area contributed by atoms with Crippen molar-refractivity contribution in [1.82, 2.24) is 5.32 Å². The number of ether oxygens (including phenoxy) is 1. The molecule has 0 unspecified atom stereocenters. The van der Waals surface area contributed by atoms with Crippen LogP contribution in [-0.2, 0) is 6.54 Å². The second-order valence-corrected chi connectivity index (χ2v) is 6.69. The molecule has 0 spiro atoms. The van der Waals surface area contributed by atoms with Crippen LogP contribution in [0.1, 0.15) is 52.0 Å². The molecule has 0 aliphatic heterocycles. The first-order chi connectivity index (χ1) is 9.85. The highest BCUT2D eigenvalue weighted by atomic mass is 16.6. The van der Waals surface area contributed by atoms with E-state index in [1.807, 2.05) is 6.07 Å². The van der Waals surface area contributed by atoms with Crippen molar-refractivity contribution in [2.45, 2.75) is 64.6 Å². The molecular formula is C16H24N2O3. The van der Waals surface area contributed by atoms with Gasteiger partial charge in [-0.05, 0) is 58.1 Å². The van der Waals surface area contributed by atoms with Crippen molar-refractivity contribution in [1.29, 1.82) is 0 Å². The number of nitrogens with zero attached hydrogens (tertiary/aromatic N) is 1. The van der Waals surface area contributed by atoms with Crippen molar-refractivity contribution in [3.63, 3.8) is 0 Å². The molecule has 0 aromatic heterocycles. The fourth-order valence-corrected chi connectivity index (χ4v) is 2.47. The van der Waals surface area contributed by atoms with Crippen molar-refractivity contribution in [2.75, 3.05) is 0 Å². The molecule has 1 saturated carbocycles. The van der Waals surface area contributed by atoms with E-state index in [1.165, 1.54) is 0 Å². The topological polar surface area (TPSA) is 64.4 Å². The van der Waals surface area contributed by atoms with Gasteiger partial charge in [-0.1, -0.05) is 6.07 Å². The van der Waals surface area contributed by atoms with Crippen LogP contribution in [0.3, 0.4) is 0 Å². The summed E-state index contributed by atoms with van der Waals surface area (Å²) < 4.78 is 5.81. The summed E-state index contributed by atoms with van der Waals surface area (Å²) in [6.45, 7) is 6.81. The predicted octanol–water partition coefficient (Wildman–Crippen LogP) is 3.80. The smallest absolute Gasteiger partial charge is 0.311 e. The maximum Gasteiger partial charge on any atom is 0.311 e. The van der Waals surface area contributed by atoms with Crippen LogP contribution in [0, 0.1) is 10.1 Å². The lowest BCUT2D eigenvalue weighted by molar-refractivity contribution is -0.386. The van der Waals surface area contributed by atoms with Crippen LogP contribution in [0.4, 0.5) is 5.69 Å². The van der Waals surface area contributed by atoms with Crippen LogP contribution in [-0.4, -0.2) is 16.6 Å². The van der Waals surface area contributed by atoms with Gasteiger partial charge in [0.05, 0.1) is 11.0 Å². The second kappa shape index (κ2) is 6.43. The number of benzene rings is 1. The van der Waals surface area contributed by atoms with Crippen LogP contribution >= 0.6 is 0 Å². The maximum atomic E-state index is 11.3. The molecule has 0 amide bonds. The molecule has 0 heterocycles. The number of nitro groups is 1. The summed E-state index contributed by atoms with van der Waals surface area (Å²) in [6, 6.07) is 5.25. The van der Waals surface area contributed by atoms with Gasteiger partial charge in [-0.25, -0.2) is 0 Å². The van der Waals surface area contributed by atoms with Crippen LogP contribution in [0.5, 0.6) is 5.75 Å². The third kappa shape index (κ3) is 4.70. The Morgan fingerprint density at radius 3 is 2.57 bits per heavy atom. The summed E-state index contributed by atoms with van der Waals surface area (Å²) in [5.74, 6) is 0.395. The third-order valence-corrected chi connectivity index (χ3v) is 3.64. The van der Waals surface area contributed by atoms with E-state index in [0.717, 1.165) is 31.2 Å². The van der Waals surface area contributed by atoms with Gasteiger partial charge in [-0.2, -0.15) is 0 Å². The van der Waals surface area contributed by atoms with Crippen LogP contribution in [0.2, 0.25) is 0 Å². The lowest BCUT2D eigenvalue weighted by Gasteiger charge is -2.20. The Hall–Kier alpha value is -1.62. The average Bonchev–Trinajstić information content (AvgIpc) is 2.89. The van der Waals surface area contributed by atoms with Gasteiger partial charge in [-0.3, -0.25) is 10.1 Å². The molecule has 0 radical (unpaired) electrons. The number of nitrogens with one attached hydrogen (secondary N) is 1.